The highest BCUT2D eigenvalue weighted by atomic mass is 16.5. The van der Waals surface area contributed by atoms with Crippen molar-refractivity contribution in [1.29, 1.82) is 0 Å². The minimum absolute atomic E-state index is 0.248. The number of hydrogen-bond acceptors (Lipinski definition) is 2. The van der Waals surface area contributed by atoms with Crippen LogP contribution in [0.4, 0.5) is 0 Å². The monoisotopic (exact) mass is 240 g/mol. The maximum absolute atomic E-state index is 9.54. The van der Waals surface area contributed by atoms with E-state index in [1.165, 1.54) is 0 Å². The van der Waals surface area contributed by atoms with Gasteiger partial charge in [0.1, 0.15) is 17.1 Å². The summed E-state index contributed by atoms with van der Waals surface area (Å²) in [6.07, 6.45) is 0. The number of aromatic hydroxyl groups is 1. The van der Waals surface area contributed by atoms with Crippen LogP contribution in [-0.2, 0) is 5.60 Å². The second-order valence-corrected chi connectivity index (χ2v) is 5.02. The predicted octanol–water partition coefficient (Wildman–Crippen LogP) is 3.80. The van der Waals surface area contributed by atoms with Crippen molar-refractivity contribution in [2.75, 3.05) is 0 Å². The molecule has 0 fully saturated rings. The van der Waals surface area contributed by atoms with E-state index in [1.807, 2.05) is 24.3 Å². The Hall–Kier alpha value is -1.96. The molecule has 1 aliphatic rings. The minimum Gasteiger partial charge on any atom is -0.508 e. The molecule has 2 nitrogen and oxygen atoms in total. The number of phenols is 1. The molecule has 1 N–H and O–H groups in total. The Bertz CT molecular complexity index is 577. The van der Waals surface area contributed by atoms with Crippen LogP contribution in [0.2, 0.25) is 0 Å². The molecule has 2 aromatic rings. The summed E-state index contributed by atoms with van der Waals surface area (Å²) < 4.78 is 6.11. The first-order valence-corrected chi connectivity index (χ1v) is 6.19. The first kappa shape index (κ1) is 11.1. The van der Waals surface area contributed by atoms with Gasteiger partial charge in [-0.1, -0.05) is 43.3 Å². The van der Waals surface area contributed by atoms with Gasteiger partial charge in [0.15, 0.2) is 0 Å². The van der Waals surface area contributed by atoms with E-state index < -0.39 is 0 Å². The summed E-state index contributed by atoms with van der Waals surface area (Å²) in [6.45, 7) is 4.26. The molecule has 0 saturated carbocycles. The van der Waals surface area contributed by atoms with Gasteiger partial charge in [-0.3, -0.25) is 0 Å². The summed E-state index contributed by atoms with van der Waals surface area (Å²) in [6, 6.07) is 15.6. The molecular formula is C16H16O2. The van der Waals surface area contributed by atoms with Gasteiger partial charge >= 0.3 is 0 Å². The minimum atomic E-state index is -0.364. The number of ether oxygens (including phenoxy) is 1. The van der Waals surface area contributed by atoms with E-state index in [4.69, 9.17) is 4.74 Å². The van der Waals surface area contributed by atoms with Crippen molar-refractivity contribution >= 4 is 0 Å². The fourth-order valence-electron chi connectivity index (χ4n) is 2.66. The van der Waals surface area contributed by atoms with Gasteiger partial charge in [0, 0.05) is 17.5 Å². The Morgan fingerprint density at radius 3 is 2.56 bits per heavy atom. The van der Waals surface area contributed by atoms with Gasteiger partial charge in [0.25, 0.3) is 0 Å². The molecule has 1 heterocycles. The van der Waals surface area contributed by atoms with Crippen LogP contribution in [-0.4, -0.2) is 5.11 Å². The second kappa shape index (κ2) is 3.77. The predicted molar refractivity (Wildman–Crippen MR) is 70.9 cm³/mol. The Labute approximate surface area is 107 Å². The summed E-state index contributed by atoms with van der Waals surface area (Å²) in [5, 5.41) is 9.54. The molecule has 92 valence electrons. The smallest absolute Gasteiger partial charge is 0.138 e. The number of hydrogen-bond donors (Lipinski definition) is 1. The lowest BCUT2D eigenvalue weighted by molar-refractivity contribution is 0.0923. The topological polar surface area (TPSA) is 29.5 Å². The number of rotatable bonds is 1. The van der Waals surface area contributed by atoms with Crippen LogP contribution in [0.5, 0.6) is 11.5 Å². The van der Waals surface area contributed by atoms with E-state index in [1.54, 1.807) is 12.1 Å². The molecule has 0 saturated heterocycles. The van der Waals surface area contributed by atoms with Crippen LogP contribution >= 0.6 is 0 Å². The molecule has 0 aliphatic carbocycles. The van der Waals surface area contributed by atoms with Crippen LogP contribution < -0.4 is 4.74 Å². The van der Waals surface area contributed by atoms with Crippen molar-refractivity contribution in [2.45, 2.75) is 25.4 Å². The summed E-state index contributed by atoms with van der Waals surface area (Å²) in [5.41, 5.74) is 1.95. The molecule has 2 heteroatoms. The van der Waals surface area contributed by atoms with E-state index in [0.29, 0.717) is 0 Å². The van der Waals surface area contributed by atoms with Crippen LogP contribution in [0.15, 0.2) is 48.5 Å². The molecule has 1 aliphatic heterocycles. The molecule has 3 rings (SSSR count). The fourth-order valence-corrected chi connectivity index (χ4v) is 2.66. The Kier molecular flexibility index (Phi) is 2.34. The first-order valence-electron chi connectivity index (χ1n) is 6.19. The van der Waals surface area contributed by atoms with Gasteiger partial charge in [0.2, 0.25) is 0 Å². The van der Waals surface area contributed by atoms with Crippen LogP contribution in [0.1, 0.15) is 30.9 Å². The third-order valence-electron chi connectivity index (χ3n) is 3.96. The Morgan fingerprint density at radius 1 is 1.11 bits per heavy atom. The van der Waals surface area contributed by atoms with Crippen molar-refractivity contribution in [3.63, 3.8) is 0 Å². The third-order valence-corrected chi connectivity index (χ3v) is 3.96. The average Bonchev–Trinajstić information content (AvgIpc) is 2.63. The molecule has 18 heavy (non-hydrogen) atoms. The van der Waals surface area contributed by atoms with Crippen molar-refractivity contribution in [2.24, 2.45) is 0 Å². The van der Waals surface area contributed by atoms with E-state index in [-0.39, 0.29) is 17.3 Å². The van der Waals surface area contributed by atoms with Gasteiger partial charge in [-0.05, 0) is 18.6 Å². The average molecular weight is 240 g/mol. The Morgan fingerprint density at radius 2 is 1.83 bits per heavy atom. The highest BCUT2D eigenvalue weighted by Gasteiger charge is 2.43. The number of phenolic OH excluding ortho intramolecular Hbond substituents is 1. The highest BCUT2D eigenvalue weighted by molar-refractivity contribution is 5.48. The molecule has 0 spiro atoms. The molecule has 2 aromatic carbocycles. The lowest BCUT2D eigenvalue weighted by Gasteiger charge is -2.29. The van der Waals surface area contributed by atoms with Gasteiger partial charge < -0.3 is 9.84 Å². The largest absolute Gasteiger partial charge is 0.508 e. The molecular weight excluding hydrogens is 224 g/mol. The lowest BCUT2D eigenvalue weighted by Crippen LogP contribution is -2.29. The molecule has 0 radical (unpaired) electrons. The molecule has 0 amide bonds. The van der Waals surface area contributed by atoms with E-state index in [9.17, 15) is 5.11 Å². The van der Waals surface area contributed by atoms with Crippen molar-refractivity contribution in [1.82, 2.24) is 0 Å². The second-order valence-electron chi connectivity index (χ2n) is 5.02. The zero-order valence-corrected chi connectivity index (χ0v) is 10.6. The third kappa shape index (κ3) is 1.49. The van der Waals surface area contributed by atoms with Crippen LogP contribution in [0.25, 0.3) is 0 Å². The van der Waals surface area contributed by atoms with E-state index >= 15 is 0 Å². The number of benzene rings is 2. The molecule has 0 bridgehead atoms. The van der Waals surface area contributed by atoms with E-state index in [2.05, 4.69) is 26.0 Å². The zero-order valence-electron chi connectivity index (χ0n) is 10.6. The van der Waals surface area contributed by atoms with Crippen LogP contribution in [0.3, 0.4) is 0 Å². The fraction of sp³-hybridized carbons (Fsp3) is 0.250. The molecule has 2 unspecified atom stereocenters. The zero-order chi connectivity index (χ0) is 12.8. The summed E-state index contributed by atoms with van der Waals surface area (Å²) in [7, 11) is 0. The van der Waals surface area contributed by atoms with Gasteiger partial charge in [-0.25, -0.2) is 0 Å². The number of fused-ring (bicyclic) bond motifs is 1. The van der Waals surface area contributed by atoms with E-state index in [0.717, 1.165) is 16.9 Å². The molecule has 2 atom stereocenters. The quantitative estimate of drug-likeness (QED) is 0.821. The maximum Gasteiger partial charge on any atom is 0.138 e. The first-order chi connectivity index (χ1) is 8.61. The van der Waals surface area contributed by atoms with Gasteiger partial charge in [-0.15, -0.1) is 0 Å². The van der Waals surface area contributed by atoms with Crippen molar-refractivity contribution < 1.29 is 9.84 Å². The van der Waals surface area contributed by atoms with Gasteiger partial charge in [0.05, 0.1) is 0 Å². The molecule has 0 aromatic heterocycles. The van der Waals surface area contributed by atoms with Crippen molar-refractivity contribution in [3.05, 3.63) is 59.7 Å². The standard InChI is InChI=1S/C16H16O2/c1-11-14-9-8-13(17)10-15(14)18-16(11,2)12-6-4-3-5-7-12/h3-11,17H,1-2H3. The normalized spacial score (nSPS) is 25.6. The lowest BCUT2D eigenvalue weighted by atomic mass is 9.82. The SMILES string of the molecule is CC1c2ccc(O)cc2OC1(C)c1ccccc1. The summed E-state index contributed by atoms with van der Waals surface area (Å²) in [5.74, 6) is 1.29. The van der Waals surface area contributed by atoms with Crippen molar-refractivity contribution in [3.8, 4) is 11.5 Å². The maximum atomic E-state index is 9.54. The summed E-state index contributed by atoms with van der Waals surface area (Å²) in [4.78, 5) is 0. The summed E-state index contributed by atoms with van der Waals surface area (Å²) >= 11 is 0. The van der Waals surface area contributed by atoms with Gasteiger partial charge in [-0.2, -0.15) is 0 Å². The highest BCUT2D eigenvalue weighted by Crippen LogP contribution is 2.50. The van der Waals surface area contributed by atoms with Crippen LogP contribution in [0, 0.1) is 0 Å². The Balaban J connectivity index is 2.08.